The number of hydrogen-bond acceptors (Lipinski definition) is 5. The van der Waals surface area contributed by atoms with Crippen LogP contribution in [0.4, 0.5) is 0 Å². The highest BCUT2D eigenvalue weighted by Crippen LogP contribution is 2.31. The normalized spacial score (nSPS) is 14.2. The molecule has 1 saturated heterocycles. The van der Waals surface area contributed by atoms with E-state index in [2.05, 4.69) is 5.10 Å². The largest absolute Gasteiger partial charge is 0.497 e. The first-order valence-corrected chi connectivity index (χ1v) is 11.3. The van der Waals surface area contributed by atoms with Crippen LogP contribution in [0.25, 0.3) is 11.3 Å². The molecule has 1 fully saturated rings. The average Bonchev–Trinajstić information content (AvgIpc) is 3.30. The van der Waals surface area contributed by atoms with Gasteiger partial charge in [-0.25, -0.2) is 4.79 Å². The average molecular weight is 448 g/mol. The number of aryl methyl sites for hydroxylation is 1. The van der Waals surface area contributed by atoms with Crippen LogP contribution in [-0.4, -0.2) is 53.4 Å². The number of amides is 1. The third kappa shape index (κ3) is 4.77. The zero-order valence-corrected chi connectivity index (χ0v) is 19.3. The minimum Gasteiger partial charge on any atom is -0.497 e. The van der Waals surface area contributed by atoms with E-state index in [-0.39, 0.29) is 11.9 Å². The molecule has 1 aromatic heterocycles. The Hall–Kier alpha value is -3.61. The van der Waals surface area contributed by atoms with Crippen molar-refractivity contribution in [1.82, 2.24) is 14.7 Å². The summed E-state index contributed by atoms with van der Waals surface area (Å²) in [6.07, 6.45) is 1.51. The molecule has 0 spiro atoms. The van der Waals surface area contributed by atoms with E-state index in [4.69, 9.17) is 9.47 Å². The van der Waals surface area contributed by atoms with Gasteiger partial charge in [-0.15, -0.1) is 0 Å². The van der Waals surface area contributed by atoms with Crippen LogP contribution in [-0.2, 0) is 4.74 Å². The molecular formula is C26H29N3O4. The molecule has 1 aliphatic heterocycles. The Morgan fingerprint density at radius 1 is 1.06 bits per heavy atom. The standard InChI is InChI=1S/C26H29N3O4/c1-4-33-26(31)23-17-24(19-9-11-21(32-3)12-10-19)29(27-23)20-13-15-28(16-14-20)25(30)22-8-6-5-7-18(22)2/h5-12,17,20H,4,13-16H2,1-3H3. The van der Waals surface area contributed by atoms with E-state index in [0.717, 1.165) is 41.0 Å². The molecule has 3 aromatic rings. The molecule has 0 saturated carbocycles. The molecule has 33 heavy (non-hydrogen) atoms. The summed E-state index contributed by atoms with van der Waals surface area (Å²) in [5.41, 5.74) is 3.82. The van der Waals surface area contributed by atoms with Gasteiger partial charge >= 0.3 is 5.97 Å². The quantitative estimate of drug-likeness (QED) is 0.520. The summed E-state index contributed by atoms with van der Waals surface area (Å²) in [6.45, 7) is 5.30. The molecule has 0 N–H and O–H groups in total. The van der Waals surface area contributed by atoms with Crippen molar-refractivity contribution >= 4 is 11.9 Å². The van der Waals surface area contributed by atoms with E-state index in [1.165, 1.54) is 0 Å². The Kier molecular flexibility index (Phi) is 6.77. The molecule has 7 nitrogen and oxygen atoms in total. The van der Waals surface area contributed by atoms with E-state index >= 15 is 0 Å². The zero-order chi connectivity index (χ0) is 23.4. The number of piperidine rings is 1. The van der Waals surface area contributed by atoms with Gasteiger partial charge in [0, 0.05) is 24.2 Å². The SMILES string of the molecule is CCOC(=O)c1cc(-c2ccc(OC)cc2)n(C2CCN(C(=O)c3ccccc3C)CC2)n1. The number of nitrogens with zero attached hydrogens (tertiary/aromatic N) is 3. The van der Waals surface area contributed by atoms with E-state index < -0.39 is 5.97 Å². The first-order valence-electron chi connectivity index (χ1n) is 11.3. The lowest BCUT2D eigenvalue weighted by Gasteiger charge is -2.33. The number of hydrogen-bond donors (Lipinski definition) is 0. The number of ether oxygens (including phenoxy) is 2. The van der Waals surface area contributed by atoms with Crippen LogP contribution >= 0.6 is 0 Å². The third-order valence-electron chi connectivity index (χ3n) is 6.08. The van der Waals surface area contributed by atoms with Gasteiger partial charge in [-0.1, -0.05) is 18.2 Å². The first-order chi connectivity index (χ1) is 16.0. The predicted molar refractivity (Wildman–Crippen MR) is 126 cm³/mol. The van der Waals surface area contributed by atoms with E-state index in [0.29, 0.717) is 25.4 Å². The molecule has 172 valence electrons. The van der Waals surface area contributed by atoms with Crippen LogP contribution in [0.3, 0.4) is 0 Å². The predicted octanol–water partition coefficient (Wildman–Crippen LogP) is 4.52. The summed E-state index contributed by atoms with van der Waals surface area (Å²) in [5.74, 6) is 0.395. The van der Waals surface area contributed by atoms with Crippen molar-refractivity contribution in [1.29, 1.82) is 0 Å². The second kappa shape index (κ2) is 9.90. The van der Waals surface area contributed by atoms with Crippen LogP contribution in [0.5, 0.6) is 5.75 Å². The van der Waals surface area contributed by atoms with Crippen LogP contribution in [0.1, 0.15) is 52.2 Å². The Bertz CT molecular complexity index is 1130. The second-order valence-electron chi connectivity index (χ2n) is 8.15. The topological polar surface area (TPSA) is 73.7 Å². The maximum Gasteiger partial charge on any atom is 0.358 e. The van der Waals surface area contributed by atoms with Crippen molar-refractivity contribution in [3.8, 4) is 17.0 Å². The van der Waals surface area contributed by atoms with Crippen molar-refractivity contribution < 1.29 is 19.1 Å². The molecule has 1 amide bonds. The summed E-state index contributed by atoms with van der Waals surface area (Å²) in [5, 5.41) is 4.62. The van der Waals surface area contributed by atoms with Gasteiger partial charge in [0.05, 0.1) is 25.5 Å². The van der Waals surface area contributed by atoms with Crippen LogP contribution in [0, 0.1) is 6.92 Å². The number of carbonyl (C=O) groups is 2. The highest BCUT2D eigenvalue weighted by molar-refractivity contribution is 5.95. The lowest BCUT2D eigenvalue weighted by Crippen LogP contribution is -2.39. The number of benzene rings is 2. The van der Waals surface area contributed by atoms with Crippen molar-refractivity contribution in [2.75, 3.05) is 26.8 Å². The van der Waals surface area contributed by atoms with Crippen LogP contribution in [0.15, 0.2) is 54.6 Å². The smallest absolute Gasteiger partial charge is 0.358 e. The summed E-state index contributed by atoms with van der Waals surface area (Å²) in [6, 6.07) is 17.2. The van der Waals surface area contributed by atoms with E-state index in [1.54, 1.807) is 20.1 Å². The van der Waals surface area contributed by atoms with Crippen molar-refractivity contribution in [2.24, 2.45) is 0 Å². The van der Waals surface area contributed by atoms with Crippen molar-refractivity contribution in [3.63, 3.8) is 0 Å². The van der Waals surface area contributed by atoms with Gasteiger partial charge in [-0.2, -0.15) is 5.10 Å². The number of likely N-dealkylation sites (tertiary alicyclic amines) is 1. The fraction of sp³-hybridized carbons (Fsp3) is 0.346. The molecule has 0 aliphatic carbocycles. The Morgan fingerprint density at radius 2 is 1.76 bits per heavy atom. The lowest BCUT2D eigenvalue weighted by atomic mass is 10.0. The van der Waals surface area contributed by atoms with Gasteiger partial charge in [0.15, 0.2) is 5.69 Å². The molecule has 7 heteroatoms. The van der Waals surface area contributed by atoms with Gasteiger partial charge in [-0.3, -0.25) is 9.48 Å². The molecule has 0 bridgehead atoms. The maximum absolute atomic E-state index is 13.0. The molecule has 1 aliphatic rings. The summed E-state index contributed by atoms with van der Waals surface area (Å²) < 4.78 is 12.4. The van der Waals surface area contributed by atoms with Crippen LogP contribution in [0.2, 0.25) is 0 Å². The van der Waals surface area contributed by atoms with E-state index in [1.807, 2.05) is 65.0 Å². The molecule has 0 atom stereocenters. The Morgan fingerprint density at radius 3 is 2.39 bits per heavy atom. The van der Waals surface area contributed by atoms with Crippen LogP contribution < -0.4 is 4.74 Å². The van der Waals surface area contributed by atoms with E-state index in [9.17, 15) is 9.59 Å². The molecule has 2 heterocycles. The Labute approximate surface area is 193 Å². The molecule has 4 rings (SSSR count). The maximum atomic E-state index is 13.0. The molecule has 2 aromatic carbocycles. The second-order valence-corrected chi connectivity index (χ2v) is 8.15. The number of carbonyl (C=O) groups excluding carboxylic acids is 2. The monoisotopic (exact) mass is 447 g/mol. The minimum atomic E-state index is -0.432. The highest BCUT2D eigenvalue weighted by Gasteiger charge is 2.28. The molecular weight excluding hydrogens is 418 g/mol. The highest BCUT2D eigenvalue weighted by atomic mass is 16.5. The van der Waals surface area contributed by atoms with Gasteiger partial charge in [-0.05, 0) is 68.7 Å². The lowest BCUT2D eigenvalue weighted by molar-refractivity contribution is 0.0517. The number of rotatable bonds is 6. The first kappa shape index (κ1) is 22.6. The number of aromatic nitrogens is 2. The summed E-state index contributed by atoms with van der Waals surface area (Å²) >= 11 is 0. The molecule has 0 unspecified atom stereocenters. The molecule has 0 radical (unpaired) electrons. The number of esters is 1. The zero-order valence-electron chi connectivity index (χ0n) is 19.3. The van der Waals surface area contributed by atoms with Gasteiger partial charge in [0.2, 0.25) is 0 Å². The van der Waals surface area contributed by atoms with Gasteiger partial charge < -0.3 is 14.4 Å². The minimum absolute atomic E-state index is 0.0644. The van der Waals surface area contributed by atoms with Gasteiger partial charge in [0.1, 0.15) is 5.75 Å². The summed E-state index contributed by atoms with van der Waals surface area (Å²) in [4.78, 5) is 27.3. The fourth-order valence-corrected chi connectivity index (χ4v) is 4.25. The third-order valence-corrected chi connectivity index (χ3v) is 6.08. The fourth-order valence-electron chi connectivity index (χ4n) is 4.25. The van der Waals surface area contributed by atoms with Crippen molar-refractivity contribution in [3.05, 3.63) is 71.4 Å². The number of methoxy groups -OCH3 is 1. The summed E-state index contributed by atoms with van der Waals surface area (Å²) in [7, 11) is 1.63. The van der Waals surface area contributed by atoms with Gasteiger partial charge in [0.25, 0.3) is 5.91 Å². The Balaban J connectivity index is 1.57. The van der Waals surface area contributed by atoms with Crippen molar-refractivity contribution in [2.45, 2.75) is 32.7 Å².